The van der Waals surface area contributed by atoms with Crippen LogP contribution < -0.4 is 10.9 Å². The van der Waals surface area contributed by atoms with Gasteiger partial charge in [-0.05, 0) is 67.4 Å². The molecule has 1 heterocycles. The molecule has 0 radical (unpaired) electrons. The summed E-state index contributed by atoms with van der Waals surface area (Å²) in [6.07, 6.45) is 0. The van der Waals surface area contributed by atoms with Crippen LogP contribution in [0.3, 0.4) is 0 Å². The number of nitrogens with zero attached hydrogens (tertiary/aromatic N) is 2. The average Bonchev–Trinajstić information content (AvgIpc) is 2.76. The molecule has 1 amide bonds. The van der Waals surface area contributed by atoms with Gasteiger partial charge in [0.2, 0.25) is 5.91 Å². The molecular weight excluding hydrogens is 465 g/mol. The fraction of sp³-hybridized carbons (Fsp3) is 0.125. The molecule has 0 atom stereocenters. The topological polar surface area (TPSA) is 64.0 Å². The molecule has 4 rings (SSSR count). The molecule has 0 aliphatic carbocycles. The predicted octanol–water partition coefficient (Wildman–Crippen LogP) is 6.04. The van der Waals surface area contributed by atoms with Crippen molar-refractivity contribution in [3.63, 3.8) is 0 Å². The van der Waals surface area contributed by atoms with Crippen LogP contribution in [0, 0.1) is 13.8 Å². The lowest BCUT2D eigenvalue weighted by Gasteiger charge is -2.14. The first-order valence-electron chi connectivity index (χ1n) is 9.80. The Morgan fingerprint density at radius 1 is 1.03 bits per heavy atom. The van der Waals surface area contributed by atoms with Crippen molar-refractivity contribution in [1.82, 2.24) is 9.55 Å². The van der Waals surface area contributed by atoms with E-state index in [1.54, 1.807) is 34.9 Å². The van der Waals surface area contributed by atoms with Gasteiger partial charge in [-0.3, -0.25) is 14.2 Å². The highest BCUT2D eigenvalue weighted by Gasteiger charge is 2.16. The lowest BCUT2D eigenvalue weighted by molar-refractivity contribution is -0.113. The number of halogens is 2. The molecule has 0 bridgehead atoms. The van der Waals surface area contributed by atoms with E-state index in [0.29, 0.717) is 37.5 Å². The van der Waals surface area contributed by atoms with Gasteiger partial charge in [0.25, 0.3) is 5.56 Å². The van der Waals surface area contributed by atoms with Crippen LogP contribution in [-0.2, 0) is 4.79 Å². The first kappa shape index (κ1) is 22.4. The van der Waals surface area contributed by atoms with E-state index in [1.807, 2.05) is 44.2 Å². The maximum atomic E-state index is 13.3. The largest absolute Gasteiger partial charge is 0.324 e. The van der Waals surface area contributed by atoms with Gasteiger partial charge in [0, 0.05) is 5.02 Å². The normalized spacial score (nSPS) is 11.0. The van der Waals surface area contributed by atoms with Crippen LogP contribution in [0.15, 0.2) is 70.6 Å². The van der Waals surface area contributed by atoms with Gasteiger partial charge < -0.3 is 5.32 Å². The minimum absolute atomic E-state index is 0.0502. The van der Waals surface area contributed by atoms with Crippen molar-refractivity contribution in [2.75, 3.05) is 11.1 Å². The van der Waals surface area contributed by atoms with E-state index in [0.717, 1.165) is 11.1 Å². The third-order valence-corrected chi connectivity index (χ3v) is 6.52. The van der Waals surface area contributed by atoms with Crippen LogP contribution in [0.5, 0.6) is 0 Å². The molecule has 5 nitrogen and oxygen atoms in total. The van der Waals surface area contributed by atoms with Gasteiger partial charge in [-0.1, -0.05) is 53.2 Å². The van der Waals surface area contributed by atoms with Crippen LogP contribution in [-0.4, -0.2) is 21.2 Å². The summed E-state index contributed by atoms with van der Waals surface area (Å²) in [6.45, 7) is 4.01. The number of carbonyl (C=O) groups excluding carboxylic acids is 1. The first-order chi connectivity index (χ1) is 15.3. The van der Waals surface area contributed by atoms with E-state index in [-0.39, 0.29) is 17.2 Å². The van der Waals surface area contributed by atoms with E-state index >= 15 is 0 Å². The predicted molar refractivity (Wildman–Crippen MR) is 133 cm³/mol. The summed E-state index contributed by atoms with van der Waals surface area (Å²) < 4.78 is 1.56. The number of aromatic nitrogens is 2. The molecule has 1 N–H and O–H groups in total. The van der Waals surface area contributed by atoms with Gasteiger partial charge in [-0.25, -0.2) is 4.98 Å². The summed E-state index contributed by atoms with van der Waals surface area (Å²) in [7, 11) is 0. The smallest absolute Gasteiger partial charge is 0.266 e. The number of benzene rings is 3. The van der Waals surface area contributed by atoms with Crippen molar-refractivity contribution >= 4 is 57.5 Å². The first-order valence-corrected chi connectivity index (χ1v) is 11.5. The number of para-hydroxylation sites is 1. The van der Waals surface area contributed by atoms with E-state index in [4.69, 9.17) is 23.2 Å². The number of carbonyl (C=O) groups is 1. The highest BCUT2D eigenvalue weighted by molar-refractivity contribution is 7.99. The minimum atomic E-state index is -0.270. The van der Waals surface area contributed by atoms with Gasteiger partial charge >= 0.3 is 0 Å². The molecule has 0 aliphatic rings. The number of hydrogen-bond acceptors (Lipinski definition) is 4. The molecule has 8 heteroatoms. The van der Waals surface area contributed by atoms with Gasteiger partial charge in [-0.2, -0.15) is 0 Å². The lowest BCUT2D eigenvalue weighted by Crippen LogP contribution is -2.23. The van der Waals surface area contributed by atoms with E-state index in [2.05, 4.69) is 10.3 Å². The van der Waals surface area contributed by atoms with Crippen LogP contribution in [0.2, 0.25) is 10.0 Å². The van der Waals surface area contributed by atoms with Crippen LogP contribution in [0.4, 0.5) is 5.69 Å². The highest BCUT2D eigenvalue weighted by Crippen LogP contribution is 2.27. The van der Waals surface area contributed by atoms with Gasteiger partial charge in [0.05, 0.1) is 33.1 Å². The second kappa shape index (κ2) is 9.36. The quantitative estimate of drug-likeness (QED) is 0.277. The molecule has 1 aromatic heterocycles. The number of thioether (sulfide) groups is 1. The van der Waals surface area contributed by atoms with Crippen molar-refractivity contribution < 1.29 is 4.79 Å². The standard InChI is InChI=1S/C24H19Cl2N3O2S/c1-14-7-9-17(11-15(14)2)29-23(31)18-5-3-4-6-20(18)28-24(29)32-13-22(30)27-21-10-8-16(25)12-19(21)26/h3-12H,13H2,1-2H3,(H,27,30). The fourth-order valence-corrected chi connectivity index (χ4v) is 4.48. The number of anilines is 1. The Hall–Kier alpha value is -2.80. The van der Waals surface area contributed by atoms with E-state index in [9.17, 15) is 9.59 Å². The Morgan fingerprint density at radius 3 is 2.56 bits per heavy atom. The Bertz CT molecular complexity index is 1400. The summed E-state index contributed by atoms with van der Waals surface area (Å²) in [5.74, 6) is -0.220. The van der Waals surface area contributed by atoms with Crippen molar-refractivity contribution in [2.45, 2.75) is 19.0 Å². The summed E-state index contributed by atoms with van der Waals surface area (Å²) in [5.41, 5.74) is 3.78. The Morgan fingerprint density at radius 2 is 1.81 bits per heavy atom. The van der Waals surface area contributed by atoms with Gasteiger partial charge in [0.1, 0.15) is 0 Å². The van der Waals surface area contributed by atoms with Crippen molar-refractivity contribution in [3.8, 4) is 5.69 Å². The zero-order valence-corrected chi connectivity index (χ0v) is 19.7. The molecule has 162 valence electrons. The zero-order chi connectivity index (χ0) is 22.8. The summed E-state index contributed by atoms with van der Waals surface area (Å²) in [6, 6.07) is 17.9. The number of hydrogen-bond donors (Lipinski definition) is 1. The van der Waals surface area contributed by atoms with E-state index < -0.39 is 0 Å². The third kappa shape index (κ3) is 4.67. The van der Waals surface area contributed by atoms with E-state index in [1.165, 1.54) is 11.8 Å². The number of aryl methyl sites for hydroxylation is 2. The second-order valence-electron chi connectivity index (χ2n) is 7.28. The molecule has 0 saturated heterocycles. The monoisotopic (exact) mass is 483 g/mol. The zero-order valence-electron chi connectivity index (χ0n) is 17.4. The molecular formula is C24H19Cl2N3O2S. The molecule has 0 fully saturated rings. The maximum Gasteiger partial charge on any atom is 0.266 e. The Labute approximate surface area is 199 Å². The second-order valence-corrected chi connectivity index (χ2v) is 9.07. The lowest BCUT2D eigenvalue weighted by atomic mass is 10.1. The minimum Gasteiger partial charge on any atom is -0.324 e. The van der Waals surface area contributed by atoms with Crippen LogP contribution >= 0.6 is 35.0 Å². The number of fused-ring (bicyclic) bond motifs is 1. The number of amides is 1. The summed E-state index contributed by atoms with van der Waals surface area (Å²) >= 11 is 13.2. The van der Waals surface area contributed by atoms with Crippen LogP contribution in [0.1, 0.15) is 11.1 Å². The summed E-state index contributed by atoms with van der Waals surface area (Å²) in [5, 5.41) is 4.57. The Kier molecular flexibility index (Phi) is 6.55. The molecule has 0 unspecified atom stereocenters. The van der Waals surface area contributed by atoms with Crippen LogP contribution in [0.25, 0.3) is 16.6 Å². The Balaban J connectivity index is 1.68. The maximum absolute atomic E-state index is 13.3. The number of nitrogens with one attached hydrogen (secondary N) is 1. The molecule has 0 spiro atoms. The average molecular weight is 484 g/mol. The third-order valence-electron chi connectivity index (χ3n) is 5.03. The highest BCUT2D eigenvalue weighted by atomic mass is 35.5. The van der Waals surface area contributed by atoms with Gasteiger partial charge in [0.15, 0.2) is 5.16 Å². The fourth-order valence-electron chi connectivity index (χ4n) is 3.21. The van der Waals surface area contributed by atoms with Crippen molar-refractivity contribution in [3.05, 3.63) is 92.2 Å². The molecule has 3 aromatic carbocycles. The van der Waals surface area contributed by atoms with Crippen molar-refractivity contribution in [2.24, 2.45) is 0 Å². The molecule has 0 saturated carbocycles. The molecule has 4 aromatic rings. The van der Waals surface area contributed by atoms with Gasteiger partial charge in [-0.15, -0.1) is 0 Å². The van der Waals surface area contributed by atoms with Crippen molar-refractivity contribution in [1.29, 1.82) is 0 Å². The molecule has 32 heavy (non-hydrogen) atoms. The number of rotatable bonds is 5. The summed E-state index contributed by atoms with van der Waals surface area (Å²) in [4.78, 5) is 30.6. The SMILES string of the molecule is Cc1ccc(-n2c(SCC(=O)Nc3ccc(Cl)cc3Cl)nc3ccccc3c2=O)cc1C. The molecule has 0 aliphatic heterocycles.